The maximum atomic E-state index is 9.24. The van der Waals surface area contributed by atoms with E-state index in [0.717, 1.165) is 24.0 Å². The first kappa shape index (κ1) is 10.0. The molecule has 0 N–H and O–H groups in total. The van der Waals surface area contributed by atoms with Crippen LogP contribution < -0.4 is 0 Å². The van der Waals surface area contributed by atoms with E-state index >= 15 is 0 Å². The van der Waals surface area contributed by atoms with Crippen molar-refractivity contribution in [2.75, 3.05) is 0 Å². The lowest BCUT2D eigenvalue weighted by Gasteiger charge is -2.18. The van der Waals surface area contributed by atoms with Gasteiger partial charge in [0, 0.05) is 5.02 Å². The Morgan fingerprint density at radius 1 is 1.40 bits per heavy atom. The summed E-state index contributed by atoms with van der Waals surface area (Å²) in [6.45, 7) is 0. The molecule has 0 spiro atoms. The number of aryl methyl sites for hydroxylation is 1. The van der Waals surface area contributed by atoms with Crippen molar-refractivity contribution in [2.45, 2.75) is 24.7 Å². The monoisotopic (exact) mass is 216 g/mol. The molecule has 0 fully saturated rings. The molecule has 0 radical (unpaired) electrons. The molecule has 74 valence electrons. The summed E-state index contributed by atoms with van der Waals surface area (Å²) < 4.78 is 0. The Kier molecular flexibility index (Phi) is 2.39. The Morgan fingerprint density at radius 3 is 2.87 bits per heavy atom. The maximum absolute atomic E-state index is 9.24. The lowest BCUT2D eigenvalue weighted by Crippen LogP contribution is -2.19. The SMILES string of the molecule is N#CCC1(C#N)CCc2ccc(Cl)cc21. The molecule has 1 aromatic rings. The first-order chi connectivity index (χ1) is 7.22. The summed E-state index contributed by atoms with van der Waals surface area (Å²) in [5.74, 6) is 0. The molecular weight excluding hydrogens is 208 g/mol. The minimum Gasteiger partial charge on any atom is -0.198 e. The predicted octanol–water partition coefficient (Wildman–Crippen LogP) is 2.96. The zero-order chi connectivity index (χ0) is 10.9. The Morgan fingerprint density at radius 2 is 2.20 bits per heavy atom. The van der Waals surface area contributed by atoms with Gasteiger partial charge in [-0.1, -0.05) is 17.7 Å². The van der Waals surface area contributed by atoms with Crippen LogP contribution in [0.2, 0.25) is 5.02 Å². The second kappa shape index (κ2) is 3.57. The number of fused-ring (bicyclic) bond motifs is 1. The van der Waals surface area contributed by atoms with Gasteiger partial charge >= 0.3 is 0 Å². The lowest BCUT2D eigenvalue weighted by molar-refractivity contribution is 0.558. The second-order valence-corrected chi connectivity index (χ2v) is 4.27. The van der Waals surface area contributed by atoms with Gasteiger partial charge in [-0.05, 0) is 36.1 Å². The van der Waals surface area contributed by atoms with E-state index in [9.17, 15) is 5.26 Å². The number of nitrogens with zero attached hydrogens (tertiary/aromatic N) is 2. The van der Waals surface area contributed by atoms with Crippen LogP contribution in [0.3, 0.4) is 0 Å². The van der Waals surface area contributed by atoms with E-state index in [4.69, 9.17) is 16.9 Å². The number of hydrogen-bond donors (Lipinski definition) is 0. The van der Waals surface area contributed by atoms with Gasteiger partial charge in [0.15, 0.2) is 0 Å². The van der Waals surface area contributed by atoms with E-state index in [2.05, 4.69) is 12.1 Å². The van der Waals surface area contributed by atoms with Crippen LogP contribution >= 0.6 is 11.6 Å². The third kappa shape index (κ3) is 1.48. The highest BCUT2D eigenvalue weighted by Gasteiger charge is 2.38. The summed E-state index contributed by atoms with van der Waals surface area (Å²) in [5, 5.41) is 18.7. The van der Waals surface area contributed by atoms with Crippen molar-refractivity contribution in [1.82, 2.24) is 0 Å². The highest BCUT2D eigenvalue weighted by molar-refractivity contribution is 6.30. The minimum atomic E-state index is -0.630. The molecule has 1 unspecified atom stereocenters. The lowest BCUT2D eigenvalue weighted by atomic mass is 9.81. The Labute approximate surface area is 93.7 Å². The highest BCUT2D eigenvalue weighted by Crippen LogP contribution is 2.41. The summed E-state index contributed by atoms with van der Waals surface area (Å²) in [4.78, 5) is 0. The van der Waals surface area contributed by atoms with Gasteiger partial charge in [-0.25, -0.2) is 0 Å². The molecule has 1 atom stereocenters. The van der Waals surface area contributed by atoms with Crippen molar-refractivity contribution in [3.05, 3.63) is 34.3 Å². The van der Waals surface area contributed by atoms with E-state index in [1.165, 1.54) is 0 Å². The quantitative estimate of drug-likeness (QED) is 0.725. The average molecular weight is 217 g/mol. The topological polar surface area (TPSA) is 47.6 Å². The van der Waals surface area contributed by atoms with Gasteiger partial charge in [-0.15, -0.1) is 0 Å². The van der Waals surface area contributed by atoms with Crippen molar-refractivity contribution >= 4 is 11.6 Å². The molecule has 3 heteroatoms. The van der Waals surface area contributed by atoms with Crippen molar-refractivity contribution in [3.63, 3.8) is 0 Å². The first-order valence-electron chi connectivity index (χ1n) is 4.79. The van der Waals surface area contributed by atoms with Crippen molar-refractivity contribution in [1.29, 1.82) is 10.5 Å². The predicted molar refractivity (Wildman–Crippen MR) is 57.3 cm³/mol. The van der Waals surface area contributed by atoms with Crippen molar-refractivity contribution in [2.24, 2.45) is 0 Å². The fourth-order valence-corrected chi connectivity index (χ4v) is 2.34. The van der Waals surface area contributed by atoms with Gasteiger partial charge in [0.1, 0.15) is 0 Å². The molecule has 15 heavy (non-hydrogen) atoms. The van der Waals surface area contributed by atoms with Crippen molar-refractivity contribution < 1.29 is 0 Å². The number of halogens is 1. The van der Waals surface area contributed by atoms with E-state index in [1.54, 1.807) is 0 Å². The molecule has 2 rings (SSSR count). The van der Waals surface area contributed by atoms with Gasteiger partial charge < -0.3 is 0 Å². The number of rotatable bonds is 1. The molecule has 0 saturated carbocycles. The Hall–Kier alpha value is -1.51. The smallest absolute Gasteiger partial charge is 0.0958 e. The minimum absolute atomic E-state index is 0.247. The van der Waals surface area contributed by atoms with Gasteiger partial charge in [-0.2, -0.15) is 10.5 Å². The van der Waals surface area contributed by atoms with E-state index < -0.39 is 5.41 Å². The normalized spacial score (nSPS) is 22.9. The zero-order valence-corrected chi connectivity index (χ0v) is 8.88. The van der Waals surface area contributed by atoms with E-state index in [-0.39, 0.29) is 6.42 Å². The molecule has 0 amide bonds. The van der Waals surface area contributed by atoms with Crippen molar-refractivity contribution in [3.8, 4) is 12.1 Å². The van der Waals surface area contributed by atoms with Crippen LogP contribution in [-0.4, -0.2) is 0 Å². The van der Waals surface area contributed by atoms with E-state index in [0.29, 0.717) is 5.02 Å². The van der Waals surface area contributed by atoms with Crippen LogP contribution in [0.15, 0.2) is 18.2 Å². The molecule has 0 heterocycles. The zero-order valence-electron chi connectivity index (χ0n) is 8.13. The van der Waals surface area contributed by atoms with Gasteiger partial charge in [0.25, 0.3) is 0 Å². The summed E-state index contributed by atoms with van der Waals surface area (Å²) >= 11 is 5.92. The fraction of sp³-hybridized carbons (Fsp3) is 0.333. The third-order valence-electron chi connectivity index (χ3n) is 3.00. The highest BCUT2D eigenvalue weighted by atomic mass is 35.5. The standard InChI is InChI=1S/C12H9ClN2/c13-10-2-1-9-3-4-12(8-15,5-6-14)11(9)7-10/h1-2,7H,3-5H2. The summed E-state index contributed by atoms with van der Waals surface area (Å²) in [6, 6.07) is 9.99. The van der Waals surface area contributed by atoms with Gasteiger partial charge in [0.05, 0.1) is 24.0 Å². The molecule has 0 saturated heterocycles. The van der Waals surface area contributed by atoms with Crippen LogP contribution in [0.4, 0.5) is 0 Å². The second-order valence-electron chi connectivity index (χ2n) is 3.83. The molecule has 0 aromatic heterocycles. The van der Waals surface area contributed by atoms with Gasteiger partial charge in [0.2, 0.25) is 0 Å². The molecule has 0 bridgehead atoms. The summed E-state index contributed by atoms with van der Waals surface area (Å²) in [7, 11) is 0. The third-order valence-corrected chi connectivity index (χ3v) is 3.24. The van der Waals surface area contributed by atoms with Crippen LogP contribution in [0.1, 0.15) is 24.0 Å². The Balaban J connectivity index is 2.56. The van der Waals surface area contributed by atoms with E-state index in [1.807, 2.05) is 18.2 Å². The maximum Gasteiger partial charge on any atom is 0.0958 e. The molecule has 1 aliphatic rings. The summed E-state index contributed by atoms with van der Waals surface area (Å²) in [5.41, 5.74) is 1.46. The first-order valence-corrected chi connectivity index (χ1v) is 5.17. The number of hydrogen-bond acceptors (Lipinski definition) is 2. The molecular formula is C12H9ClN2. The largest absolute Gasteiger partial charge is 0.198 e. The van der Waals surface area contributed by atoms with Crippen LogP contribution in [0.5, 0.6) is 0 Å². The number of benzene rings is 1. The molecule has 1 aromatic carbocycles. The number of nitriles is 2. The molecule has 0 aliphatic heterocycles. The molecule has 2 nitrogen and oxygen atoms in total. The van der Waals surface area contributed by atoms with Crippen LogP contribution in [-0.2, 0) is 11.8 Å². The van der Waals surface area contributed by atoms with Gasteiger partial charge in [-0.3, -0.25) is 0 Å². The van der Waals surface area contributed by atoms with Crippen LogP contribution in [0.25, 0.3) is 0 Å². The molecule has 1 aliphatic carbocycles. The fourth-order valence-electron chi connectivity index (χ4n) is 2.17. The van der Waals surface area contributed by atoms with Crippen LogP contribution in [0, 0.1) is 22.7 Å². The Bertz CT molecular complexity index is 481. The summed E-state index contributed by atoms with van der Waals surface area (Å²) in [6.07, 6.45) is 1.84. The average Bonchev–Trinajstić information content (AvgIpc) is 2.58.